The highest BCUT2D eigenvalue weighted by atomic mass is 16.3. The smallest absolute Gasteiger partial charge is 0.0504 e. The van der Waals surface area contributed by atoms with E-state index in [1.54, 1.807) is 0 Å². The van der Waals surface area contributed by atoms with Crippen molar-refractivity contribution >= 4 is 5.69 Å². The number of para-hydroxylation sites is 1. The first-order valence-electron chi connectivity index (χ1n) is 8.56. The Balaban J connectivity index is 1.80. The summed E-state index contributed by atoms with van der Waals surface area (Å²) in [5.74, 6) is 1.54. The van der Waals surface area contributed by atoms with Gasteiger partial charge in [0.2, 0.25) is 0 Å². The molecule has 0 aromatic heterocycles. The summed E-state index contributed by atoms with van der Waals surface area (Å²) >= 11 is 0. The first kappa shape index (κ1) is 14.9. The molecule has 1 fully saturated rings. The lowest BCUT2D eigenvalue weighted by molar-refractivity contribution is 0.0720. The van der Waals surface area contributed by atoms with Gasteiger partial charge >= 0.3 is 0 Å². The monoisotopic (exact) mass is 287 g/mol. The van der Waals surface area contributed by atoms with E-state index in [9.17, 15) is 5.11 Å². The van der Waals surface area contributed by atoms with Crippen LogP contribution in [0.25, 0.3) is 0 Å². The predicted molar refractivity (Wildman–Crippen MR) is 88.7 cm³/mol. The summed E-state index contributed by atoms with van der Waals surface area (Å²) in [4.78, 5) is 2.55. The van der Waals surface area contributed by atoms with Crippen molar-refractivity contribution in [2.75, 3.05) is 24.6 Å². The molecule has 1 N–H and O–H groups in total. The van der Waals surface area contributed by atoms with Crippen molar-refractivity contribution in [3.63, 3.8) is 0 Å². The Kier molecular flexibility index (Phi) is 4.26. The second-order valence-electron chi connectivity index (χ2n) is 7.66. The van der Waals surface area contributed by atoms with Gasteiger partial charge in [0.05, 0.1) is 6.61 Å². The Morgan fingerprint density at radius 3 is 2.57 bits per heavy atom. The number of anilines is 1. The third-order valence-electron chi connectivity index (χ3n) is 5.63. The van der Waals surface area contributed by atoms with Crippen LogP contribution in [0.2, 0.25) is 0 Å². The Morgan fingerprint density at radius 1 is 1.14 bits per heavy atom. The highest BCUT2D eigenvalue weighted by Crippen LogP contribution is 2.41. The molecule has 1 aromatic rings. The van der Waals surface area contributed by atoms with E-state index in [-0.39, 0.29) is 5.41 Å². The van der Waals surface area contributed by atoms with Gasteiger partial charge in [0.15, 0.2) is 0 Å². The third kappa shape index (κ3) is 3.11. The van der Waals surface area contributed by atoms with Crippen LogP contribution in [0.3, 0.4) is 0 Å². The Labute approximate surface area is 129 Å². The van der Waals surface area contributed by atoms with E-state index in [4.69, 9.17) is 0 Å². The Hall–Kier alpha value is -1.02. The van der Waals surface area contributed by atoms with Crippen LogP contribution in [0.4, 0.5) is 5.69 Å². The van der Waals surface area contributed by atoms with Crippen molar-refractivity contribution in [3.05, 3.63) is 29.8 Å². The van der Waals surface area contributed by atoms with Crippen molar-refractivity contribution in [2.24, 2.45) is 17.3 Å². The lowest BCUT2D eigenvalue weighted by atomic mass is 9.70. The molecule has 2 aliphatic rings. The fourth-order valence-corrected chi connectivity index (χ4v) is 4.20. The molecular weight excluding hydrogens is 258 g/mol. The highest BCUT2D eigenvalue weighted by molar-refractivity contribution is 5.56. The number of nitrogens with zero attached hydrogens (tertiary/aromatic N) is 1. The zero-order valence-corrected chi connectivity index (χ0v) is 13.5. The minimum atomic E-state index is 0.122. The first-order valence-corrected chi connectivity index (χ1v) is 8.56. The van der Waals surface area contributed by atoms with Gasteiger partial charge in [0, 0.05) is 24.2 Å². The third-order valence-corrected chi connectivity index (χ3v) is 5.63. The van der Waals surface area contributed by atoms with Gasteiger partial charge in [0.25, 0.3) is 0 Å². The standard InChI is InChI=1S/C19H29NO/c1-15-7-9-19(14-21,10-8-15)13-20-12-16(2)11-17-5-3-4-6-18(17)20/h3-6,15-16,21H,7-14H2,1-2H3. The van der Waals surface area contributed by atoms with E-state index in [1.165, 1.54) is 43.4 Å². The molecule has 116 valence electrons. The van der Waals surface area contributed by atoms with Crippen LogP contribution in [-0.4, -0.2) is 24.8 Å². The molecule has 0 radical (unpaired) electrons. The minimum Gasteiger partial charge on any atom is -0.396 e. The number of fused-ring (bicyclic) bond motifs is 1. The van der Waals surface area contributed by atoms with Gasteiger partial charge in [-0.15, -0.1) is 0 Å². The molecule has 1 aliphatic heterocycles. The van der Waals surface area contributed by atoms with Crippen molar-refractivity contribution in [1.29, 1.82) is 0 Å². The molecule has 0 bridgehead atoms. The predicted octanol–water partition coefficient (Wildman–Crippen LogP) is 3.87. The molecule has 3 rings (SSSR count). The van der Waals surface area contributed by atoms with E-state index in [0.717, 1.165) is 19.0 Å². The summed E-state index contributed by atoms with van der Waals surface area (Å²) in [6.07, 6.45) is 6.09. The molecule has 1 saturated carbocycles. The number of hydrogen-bond donors (Lipinski definition) is 1. The number of aliphatic hydroxyl groups is 1. The van der Waals surface area contributed by atoms with Gasteiger partial charge in [-0.1, -0.05) is 44.9 Å². The fourth-order valence-electron chi connectivity index (χ4n) is 4.20. The summed E-state index contributed by atoms with van der Waals surface area (Å²) in [5.41, 5.74) is 3.01. The van der Waals surface area contributed by atoms with Crippen molar-refractivity contribution in [2.45, 2.75) is 46.0 Å². The first-order chi connectivity index (χ1) is 10.1. The SMILES string of the molecule is CC1CCC(CO)(CN2CC(C)Cc3ccccc32)CC1. The van der Waals surface area contributed by atoms with Crippen molar-refractivity contribution in [3.8, 4) is 0 Å². The molecule has 1 heterocycles. The maximum absolute atomic E-state index is 10.0. The van der Waals surface area contributed by atoms with Crippen LogP contribution in [0, 0.1) is 17.3 Å². The fraction of sp³-hybridized carbons (Fsp3) is 0.684. The molecule has 21 heavy (non-hydrogen) atoms. The molecular formula is C19H29NO. The van der Waals surface area contributed by atoms with Crippen molar-refractivity contribution in [1.82, 2.24) is 0 Å². The molecule has 2 nitrogen and oxygen atoms in total. The lowest BCUT2D eigenvalue weighted by Crippen LogP contribution is -2.46. The molecule has 0 spiro atoms. The van der Waals surface area contributed by atoms with Gasteiger partial charge in [-0.2, -0.15) is 0 Å². The number of aliphatic hydroxyl groups excluding tert-OH is 1. The van der Waals surface area contributed by atoms with E-state index in [0.29, 0.717) is 12.5 Å². The molecule has 1 aromatic carbocycles. The van der Waals surface area contributed by atoms with E-state index < -0.39 is 0 Å². The summed E-state index contributed by atoms with van der Waals surface area (Å²) in [5, 5.41) is 10.0. The number of benzene rings is 1. The van der Waals surface area contributed by atoms with Gasteiger partial charge in [-0.25, -0.2) is 0 Å². The van der Waals surface area contributed by atoms with E-state index >= 15 is 0 Å². The van der Waals surface area contributed by atoms with Crippen LogP contribution in [-0.2, 0) is 6.42 Å². The highest BCUT2D eigenvalue weighted by Gasteiger charge is 2.36. The number of hydrogen-bond acceptors (Lipinski definition) is 2. The maximum Gasteiger partial charge on any atom is 0.0504 e. The topological polar surface area (TPSA) is 23.5 Å². The van der Waals surface area contributed by atoms with Crippen LogP contribution >= 0.6 is 0 Å². The normalized spacial score (nSPS) is 32.8. The average molecular weight is 287 g/mol. The largest absolute Gasteiger partial charge is 0.396 e. The zero-order chi connectivity index (χ0) is 14.9. The van der Waals surface area contributed by atoms with Crippen LogP contribution < -0.4 is 4.90 Å². The lowest BCUT2D eigenvalue weighted by Gasteiger charge is -2.45. The molecule has 1 atom stereocenters. The van der Waals surface area contributed by atoms with Crippen LogP contribution in [0.5, 0.6) is 0 Å². The molecule has 1 aliphatic carbocycles. The summed E-state index contributed by atoms with van der Waals surface area (Å²) < 4.78 is 0. The second kappa shape index (κ2) is 6.00. The minimum absolute atomic E-state index is 0.122. The average Bonchev–Trinajstić information content (AvgIpc) is 2.50. The summed E-state index contributed by atoms with van der Waals surface area (Å²) in [7, 11) is 0. The molecule has 0 amide bonds. The quantitative estimate of drug-likeness (QED) is 0.912. The zero-order valence-electron chi connectivity index (χ0n) is 13.5. The second-order valence-corrected chi connectivity index (χ2v) is 7.66. The molecule has 0 saturated heterocycles. The van der Waals surface area contributed by atoms with Gasteiger partial charge in [-0.05, 0) is 42.7 Å². The van der Waals surface area contributed by atoms with Gasteiger partial charge in [-0.3, -0.25) is 0 Å². The van der Waals surface area contributed by atoms with Gasteiger partial charge < -0.3 is 10.0 Å². The maximum atomic E-state index is 10.0. The Morgan fingerprint density at radius 2 is 1.86 bits per heavy atom. The summed E-state index contributed by atoms with van der Waals surface area (Å²) in [6.45, 7) is 7.19. The summed E-state index contributed by atoms with van der Waals surface area (Å²) in [6, 6.07) is 8.83. The molecule has 1 unspecified atom stereocenters. The van der Waals surface area contributed by atoms with E-state index in [1.807, 2.05) is 0 Å². The molecule has 2 heteroatoms. The van der Waals surface area contributed by atoms with Crippen LogP contribution in [0.1, 0.15) is 45.1 Å². The van der Waals surface area contributed by atoms with E-state index in [2.05, 4.69) is 43.0 Å². The van der Waals surface area contributed by atoms with Gasteiger partial charge in [0.1, 0.15) is 0 Å². The Bertz CT molecular complexity index is 476. The van der Waals surface area contributed by atoms with Crippen LogP contribution in [0.15, 0.2) is 24.3 Å². The number of rotatable bonds is 3. The van der Waals surface area contributed by atoms with Crippen molar-refractivity contribution < 1.29 is 5.11 Å².